The fourth-order valence-corrected chi connectivity index (χ4v) is 5.23. The van der Waals surface area contributed by atoms with Gasteiger partial charge >= 0.3 is 0 Å². The molecule has 0 N–H and O–H groups in total. The van der Waals surface area contributed by atoms with Gasteiger partial charge in [-0.3, -0.25) is 4.79 Å². The summed E-state index contributed by atoms with van der Waals surface area (Å²) in [5, 5.41) is -0.0281. The van der Waals surface area contributed by atoms with E-state index in [0.717, 1.165) is 4.90 Å². The monoisotopic (exact) mass is 395 g/mol. The second-order valence-corrected chi connectivity index (χ2v) is 9.66. The zero-order chi connectivity index (χ0) is 17.9. The number of sulfone groups is 1. The summed E-state index contributed by atoms with van der Waals surface area (Å²) < 4.78 is 25.0. The van der Waals surface area contributed by atoms with Gasteiger partial charge in [0.25, 0.3) is 0 Å². The van der Waals surface area contributed by atoms with Crippen molar-refractivity contribution < 1.29 is 13.2 Å². The van der Waals surface area contributed by atoms with Crippen LogP contribution in [0.1, 0.15) is 6.42 Å². The highest BCUT2D eigenvalue weighted by Gasteiger charge is 2.40. The zero-order valence-electron chi connectivity index (χ0n) is 13.5. The van der Waals surface area contributed by atoms with Gasteiger partial charge in [0, 0.05) is 35.2 Å². The molecule has 1 aliphatic rings. The largest absolute Gasteiger partial charge is 0.340 e. The molecule has 0 aromatic heterocycles. The smallest absolute Gasteiger partial charge is 0.223 e. The summed E-state index contributed by atoms with van der Waals surface area (Å²) in [5.41, 5.74) is 0. The van der Waals surface area contributed by atoms with E-state index in [4.69, 9.17) is 11.6 Å². The van der Waals surface area contributed by atoms with Crippen LogP contribution in [-0.2, 0) is 14.6 Å². The van der Waals surface area contributed by atoms with Crippen molar-refractivity contribution in [1.82, 2.24) is 4.90 Å². The topological polar surface area (TPSA) is 54.5 Å². The number of carbonyl (C=O) groups is 1. The Morgan fingerprint density at radius 3 is 2.36 bits per heavy atom. The van der Waals surface area contributed by atoms with Crippen molar-refractivity contribution in [3.8, 4) is 0 Å². The van der Waals surface area contributed by atoms with Crippen LogP contribution in [0.3, 0.4) is 0 Å². The molecule has 4 nitrogen and oxygen atoms in total. The predicted octanol–water partition coefficient (Wildman–Crippen LogP) is 3.51. The van der Waals surface area contributed by atoms with Gasteiger partial charge in [0.05, 0.1) is 4.90 Å². The van der Waals surface area contributed by atoms with Crippen molar-refractivity contribution in [1.29, 1.82) is 0 Å². The Morgan fingerprint density at radius 2 is 1.72 bits per heavy atom. The minimum Gasteiger partial charge on any atom is -0.340 e. The Balaban J connectivity index is 1.48. The number of likely N-dealkylation sites (tertiary alicyclic amines) is 1. The molecule has 0 spiro atoms. The average molecular weight is 396 g/mol. The molecule has 1 aliphatic heterocycles. The van der Waals surface area contributed by atoms with Crippen LogP contribution in [0.15, 0.2) is 64.4 Å². The van der Waals surface area contributed by atoms with Gasteiger partial charge in [0.2, 0.25) is 5.91 Å². The van der Waals surface area contributed by atoms with Crippen LogP contribution in [0.4, 0.5) is 0 Å². The van der Waals surface area contributed by atoms with E-state index in [9.17, 15) is 13.2 Å². The van der Waals surface area contributed by atoms with E-state index < -0.39 is 15.1 Å². The Labute approximate surface area is 157 Å². The number of amides is 1. The lowest BCUT2D eigenvalue weighted by Crippen LogP contribution is -2.56. The Hall–Kier alpha value is -1.50. The van der Waals surface area contributed by atoms with Crippen LogP contribution in [0.25, 0.3) is 0 Å². The van der Waals surface area contributed by atoms with Gasteiger partial charge in [-0.1, -0.05) is 29.8 Å². The highest BCUT2D eigenvalue weighted by atomic mass is 35.5. The maximum atomic E-state index is 12.5. The number of nitrogens with zero attached hydrogens (tertiary/aromatic N) is 1. The van der Waals surface area contributed by atoms with E-state index >= 15 is 0 Å². The fraction of sp³-hybridized carbons (Fsp3) is 0.278. The van der Waals surface area contributed by atoms with E-state index in [-0.39, 0.29) is 23.9 Å². The van der Waals surface area contributed by atoms with Crippen LogP contribution in [0.5, 0.6) is 0 Å². The standard InChI is InChI=1S/C18H18ClNO3S2/c19-14-6-8-16(9-7-14)25(22,23)17-12-20(13-17)18(21)10-11-24-15-4-2-1-3-5-15/h1-9,17H,10-13H2. The summed E-state index contributed by atoms with van der Waals surface area (Å²) in [6, 6.07) is 16.1. The third-order valence-corrected chi connectivity index (χ3v) is 7.48. The molecule has 1 fully saturated rings. The second kappa shape index (κ2) is 7.81. The number of thioether (sulfide) groups is 1. The lowest BCUT2D eigenvalue weighted by Gasteiger charge is -2.38. The summed E-state index contributed by atoms with van der Waals surface area (Å²) >= 11 is 7.42. The van der Waals surface area contributed by atoms with Crippen LogP contribution < -0.4 is 0 Å². The number of hydrogen-bond acceptors (Lipinski definition) is 4. The van der Waals surface area contributed by atoms with Crippen LogP contribution in [-0.4, -0.2) is 43.3 Å². The molecule has 2 aromatic rings. The number of hydrogen-bond donors (Lipinski definition) is 0. The number of benzene rings is 2. The van der Waals surface area contributed by atoms with Gasteiger partial charge < -0.3 is 4.90 Å². The molecule has 0 aliphatic carbocycles. The molecule has 1 heterocycles. The van der Waals surface area contributed by atoms with Gasteiger partial charge in [0.1, 0.15) is 5.25 Å². The third kappa shape index (κ3) is 4.37. The number of carbonyl (C=O) groups excluding carboxylic acids is 1. The van der Waals surface area contributed by atoms with E-state index in [1.807, 2.05) is 30.3 Å². The molecule has 0 saturated carbocycles. The third-order valence-electron chi connectivity index (χ3n) is 4.11. The quantitative estimate of drug-likeness (QED) is 0.702. The van der Waals surface area contributed by atoms with Gasteiger partial charge in [-0.05, 0) is 36.4 Å². The van der Waals surface area contributed by atoms with Gasteiger partial charge in [-0.15, -0.1) is 11.8 Å². The zero-order valence-corrected chi connectivity index (χ0v) is 15.9. The first-order valence-electron chi connectivity index (χ1n) is 7.92. The van der Waals surface area contributed by atoms with E-state index in [1.54, 1.807) is 28.8 Å². The summed E-state index contributed by atoms with van der Waals surface area (Å²) in [7, 11) is -3.41. The molecule has 2 aromatic carbocycles. The van der Waals surface area contributed by atoms with Crippen molar-refractivity contribution >= 4 is 39.1 Å². The van der Waals surface area contributed by atoms with Gasteiger partial charge in [0.15, 0.2) is 9.84 Å². The molecule has 0 unspecified atom stereocenters. The van der Waals surface area contributed by atoms with Gasteiger partial charge in [-0.25, -0.2) is 8.42 Å². The van der Waals surface area contributed by atoms with Crippen LogP contribution in [0, 0.1) is 0 Å². The van der Waals surface area contributed by atoms with Crippen molar-refractivity contribution in [2.75, 3.05) is 18.8 Å². The van der Waals surface area contributed by atoms with Crippen LogP contribution >= 0.6 is 23.4 Å². The summed E-state index contributed by atoms with van der Waals surface area (Å²) in [6.45, 7) is 0.527. The molecule has 1 amide bonds. The lowest BCUT2D eigenvalue weighted by molar-refractivity contribution is -0.133. The second-order valence-electron chi connectivity index (χ2n) is 5.83. The minimum absolute atomic E-state index is 0.00554. The highest BCUT2D eigenvalue weighted by Crippen LogP contribution is 2.26. The SMILES string of the molecule is O=C(CCSc1ccccc1)N1CC(S(=O)(=O)c2ccc(Cl)cc2)C1. The van der Waals surface area contributed by atoms with Crippen molar-refractivity contribution in [3.05, 3.63) is 59.6 Å². The molecule has 132 valence electrons. The average Bonchev–Trinajstić information content (AvgIpc) is 2.54. The Kier molecular flexibility index (Phi) is 5.71. The molecule has 3 rings (SSSR count). The van der Waals surface area contributed by atoms with Crippen LogP contribution in [0.2, 0.25) is 5.02 Å². The van der Waals surface area contributed by atoms with E-state index in [0.29, 0.717) is 17.2 Å². The number of halogens is 1. The van der Waals surface area contributed by atoms with Crippen molar-refractivity contribution in [2.24, 2.45) is 0 Å². The molecule has 7 heteroatoms. The summed E-state index contributed by atoms with van der Waals surface area (Å²) in [6.07, 6.45) is 0.410. The molecule has 0 atom stereocenters. The highest BCUT2D eigenvalue weighted by molar-refractivity contribution is 7.99. The first-order chi connectivity index (χ1) is 12.0. The maximum Gasteiger partial charge on any atom is 0.223 e. The molecule has 0 radical (unpaired) electrons. The predicted molar refractivity (Wildman–Crippen MR) is 101 cm³/mol. The maximum absolute atomic E-state index is 12.5. The molecule has 1 saturated heterocycles. The van der Waals surface area contributed by atoms with Crippen molar-refractivity contribution in [3.63, 3.8) is 0 Å². The normalized spacial score (nSPS) is 15.0. The first-order valence-corrected chi connectivity index (χ1v) is 10.8. The summed E-state index contributed by atoms with van der Waals surface area (Å²) in [5.74, 6) is 0.694. The summed E-state index contributed by atoms with van der Waals surface area (Å²) in [4.78, 5) is 15.2. The first kappa shape index (κ1) is 18.3. The van der Waals surface area contributed by atoms with Crippen molar-refractivity contribution in [2.45, 2.75) is 21.5 Å². The van der Waals surface area contributed by atoms with Gasteiger partial charge in [-0.2, -0.15) is 0 Å². The molecular weight excluding hydrogens is 378 g/mol. The minimum atomic E-state index is -3.41. The van der Waals surface area contributed by atoms with E-state index in [2.05, 4.69) is 0 Å². The Bertz CT molecular complexity index is 832. The fourth-order valence-electron chi connectivity index (χ4n) is 2.59. The molecule has 25 heavy (non-hydrogen) atoms. The van der Waals surface area contributed by atoms with E-state index in [1.165, 1.54) is 12.1 Å². The number of rotatable bonds is 6. The Morgan fingerprint density at radius 1 is 1.08 bits per heavy atom. The molecular formula is C18H18ClNO3S2. The lowest BCUT2D eigenvalue weighted by atomic mass is 10.2. The molecule has 0 bridgehead atoms.